The molecule has 1 aromatic carbocycles. The number of hydrogen-bond donors (Lipinski definition) is 0. The maximum absolute atomic E-state index is 13.0. The van der Waals surface area contributed by atoms with Gasteiger partial charge in [-0.3, -0.25) is 9.69 Å². The van der Waals surface area contributed by atoms with Crippen molar-refractivity contribution in [2.45, 2.75) is 70.9 Å². The maximum atomic E-state index is 13.0. The van der Waals surface area contributed by atoms with Gasteiger partial charge in [-0.1, -0.05) is 24.1 Å². The molecule has 0 bridgehead atoms. The highest BCUT2D eigenvalue weighted by Crippen LogP contribution is 2.38. The number of methoxy groups -OCH3 is 2. The summed E-state index contributed by atoms with van der Waals surface area (Å²) >= 11 is 0. The average Bonchev–Trinajstić information content (AvgIpc) is 2.70. The standard InChI is InChI=1S/C23H36N2O3.C2H6O/c1-17-15-18(2)21(19(3)16-17)9-12-25(20-7-6-8-20)23(22(26)27-4)10-13-24(28-5)14-11-23;1-3-2/h15-16,20H,6-14H2,1-5H3;1-2H3. The third kappa shape index (κ3) is 6.07. The third-order valence-corrected chi connectivity index (χ3v) is 6.88. The fourth-order valence-corrected chi connectivity index (χ4v) is 5.12. The van der Waals surface area contributed by atoms with Crippen molar-refractivity contribution >= 4 is 5.97 Å². The lowest BCUT2D eigenvalue weighted by atomic mass is 9.80. The van der Waals surface area contributed by atoms with Crippen LogP contribution >= 0.6 is 0 Å². The lowest BCUT2D eigenvalue weighted by Gasteiger charge is -2.51. The van der Waals surface area contributed by atoms with Crippen LogP contribution in [-0.4, -0.2) is 75.6 Å². The lowest BCUT2D eigenvalue weighted by Crippen LogP contribution is -2.64. The molecule has 176 valence electrons. The summed E-state index contributed by atoms with van der Waals surface area (Å²) in [7, 11) is 6.48. The van der Waals surface area contributed by atoms with Gasteiger partial charge >= 0.3 is 5.97 Å². The van der Waals surface area contributed by atoms with Crippen molar-refractivity contribution < 1.29 is 19.1 Å². The van der Waals surface area contributed by atoms with Crippen molar-refractivity contribution in [2.75, 3.05) is 48.1 Å². The van der Waals surface area contributed by atoms with E-state index in [-0.39, 0.29) is 5.97 Å². The fourth-order valence-electron chi connectivity index (χ4n) is 5.12. The molecular formula is C25H42N2O4. The summed E-state index contributed by atoms with van der Waals surface area (Å²) in [5.74, 6) is -0.0764. The number of hydroxylamine groups is 2. The van der Waals surface area contributed by atoms with E-state index in [1.165, 1.54) is 48.6 Å². The van der Waals surface area contributed by atoms with Gasteiger partial charge in [-0.15, -0.1) is 0 Å². The monoisotopic (exact) mass is 434 g/mol. The van der Waals surface area contributed by atoms with E-state index in [9.17, 15) is 4.79 Å². The van der Waals surface area contributed by atoms with E-state index in [4.69, 9.17) is 9.57 Å². The smallest absolute Gasteiger partial charge is 0.326 e. The van der Waals surface area contributed by atoms with E-state index in [1.807, 2.05) is 5.06 Å². The number of ether oxygens (including phenoxy) is 2. The van der Waals surface area contributed by atoms with Crippen molar-refractivity contribution in [2.24, 2.45) is 0 Å². The Labute approximate surface area is 188 Å². The molecule has 1 aliphatic heterocycles. The van der Waals surface area contributed by atoms with Gasteiger partial charge in [0.15, 0.2) is 0 Å². The first-order valence-electron chi connectivity index (χ1n) is 11.4. The molecule has 0 unspecified atom stereocenters. The second-order valence-electron chi connectivity index (χ2n) is 8.95. The highest BCUT2D eigenvalue weighted by Gasteiger charge is 2.50. The Bertz CT molecular complexity index is 686. The van der Waals surface area contributed by atoms with Crippen LogP contribution in [0.3, 0.4) is 0 Å². The molecule has 0 spiro atoms. The molecule has 3 rings (SSSR count). The molecule has 2 aliphatic rings. The van der Waals surface area contributed by atoms with Crippen molar-refractivity contribution in [3.63, 3.8) is 0 Å². The summed E-state index contributed by atoms with van der Waals surface area (Å²) in [6, 6.07) is 5.02. The predicted molar refractivity (Wildman–Crippen MR) is 124 cm³/mol. The molecule has 1 aromatic rings. The van der Waals surface area contributed by atoms with E-state index in [0.29, 0.717) is 6.04 Å². The van der Waals surface area contributed by atoms with Gasteiger partial charge < -0.3 is 14.3 Å². The minimum absolute atomic E-state index is 0.0764. The number of esters is 1. The number of piperidine rings is 1. The molecule has 1 heterocycles. The summed E-state index contributed by atoms with van der Waals surface area (Å²) in [5.41, 5.74) is 4.91. The Balaban J connectivity index is 0.00000107. The van der Waals surface area contributed by atoms with Crippen molar-refractivity contribution in [1.29, 1.82) is 0 Å². The number of nitrogens with zero attached hydrogens (tertiary/aromatic N) is 2. The SMILES string of the molecule is COC.COC(=O)C1(N(CCc2c(C)cc(C)cc2C)C2CCC2)CCN(OC)CC1. The molecule has 0 atom stereocenters. The molecule has 6 heteroatoms. The second-order valence-corrected chi connectivity index (χ2v) is 8.95. The van der Waals surface area contributed by atoms with Crippen molar-refractivity contribution in [3.05, 3.63) is 34.4 Å². The van der Waals surface area contributed by atoms with Gasteiger partial charge in [0.25, 0.3) is 0 Å². The molecule has 1 aliphatic carbocycles. The molecule has 31 heavy (non-hydrogen) atoms. The van der Waals surface area contributed by atoms with E-state index in [0.717, 1.165) is 38.9 Å². The molecule has 0 aromatic heterocycles. The summed E-state index contributed by atoms with van der Waals surface area (Å²) in [6.45, 7) is 8.99. The van der Waals surface area contributed by atoms with Crippen molar-refractivity contribution in [1.82, 2.24) is 9.96 Å². The third-order valence-electron chi connectivity index (χ3n) is 6.88. The van der Waals surface area contributed by atoms with Gasteiger partial charge in [0.05, 0.1) is 14.2 Å². The predicted octanol–water partition coefficient (Wildman–Crippen LogP) is 3.84. The van der Waals surface area contributed by atoms with Crippen LogP contribution in [-0.2, 0) is 25.5 Å². The molecule has 1 saturated carbocycles. The highest BCUT2D eigenvalue weighted by molar-refractivity contribution is 5.81. The summed E-state index contributed by atoms with van der Waals surface area (Å²) in [5, 5.41) is 1.95. The Morgan fingerprint density at radius 3 is 2.03 bits per heavy atom. The Morgan fingerprint density at radius 2 is 1.61 bits per heavy atom. The molecule has 0 N–H and O–H groups in total. The van der Waals surface area contributed by atoms with Gasteiger partial charge in [-0.25, -0.2) is 0 Å². The first-order chi connectivity index (χ1) is 14.8. The number of benzene rings is 1. The van der Waals surface area contributed by atoms with Crippen LogP contribution in [0.1, 0.15) is 54.4 Å². The first kappa shape index (κ1) is 25.8. The van der Waals surface area contributed by atoms with Gasteiger partial charge in [-0.05, 0) is 69.6 Å². The molecule has 2 fully saturated rings. The van der Waals surface area contributed by atoms with Crippen molar-refractivity contribution in [3.8, 4) is 0 Å². The van der Waals surface area contributed by atoms with E-state index >= 15 is 0 Å². The largest absolute Gasteiger partial charge is 0.468 e. The van der Waals surface area contributed by atoms with E-state index in [2.05, 4.69) is 42.5 Å². The van der Waals surface area contributed by atoms with Crippen LogP contribution in [0.2, 0.25) is 0 Å². The Morgan fingerprint density at radius 1 is 1.06 bits per heavy atom. The molecule has 6 nitrogen and oxygen atoms in total. The normalized spacial score (nSPS) is 18.8. The van der Waals surface area contributed by atoms with Crippen LogP contribution < -0.4 is 0 Å². The topological polar surface area (TPSA) is 51.2 Å². The molecule has 0 radical (unpaired) electrons. The van der Waals surface area contributed by atoms with Crippen LogP contribution in [0.15, 0.2) is 12.1 Å². The van der Waals surface area contributed by atoms with Crippen LogP contribution in [0.25, 0.3) is 0 Å². The minimum Gasteiger partial charge on any atom is -0.468 e. The highest BCUT2D eigenvalue weighted by atomic mass is 16.7. The van der Waals surface area contributed by atoms with Gasteiger partial charge in [0.1, 0.15) is 5.54 Å². The molecular weight excluding hydrogens is 392 g/mol. The molecule has 0 amide bonds. The fraction of sp³-hybridized carbons (Fsp3) is 0.720. The van der Waals surface area contributed by atoms with Crippen LogP contribution in [0.5, 0.6) is 0 Å². The van der Waals surface area contributed by atoms with E-state index in [1.54, 1.807) is 21.3 Å². The number of carbonyl (C=O) groups excluding carboxylic acids is 1. The summed E-state index contributed by atoms with van der Waals surface area (Å²) in [4.78, 5) is 20.9. The number of carbonyl (C=O) groups is 1. The lowest BCUT2D eigenvalue weighted by molar-refractivity contribution is -0.187. The number of hydrogen-bond acceptors (Lipinski definition) is 6. The Hall–Kier alpha value is -1.47. The van der Waals surface area contributed by atoms with Crippen LogP contribution in [0.4, 0.5) is 0 Å². The zero-order chi connectivity index (χ0) is 23.0. The summed E-state index contributed by atoms with van der Waals surface area (Å²) < 4.78 is 9.59. The number of aryl methyl sites for hydroxylation is 3. The zero-order valence-corrected chi connectivity index (χ0v) is 20.6. The van der Waals surface area contributed by atoms with Gasteiger partial charge in [-0.2, -0.15) is 5.06 Å². The zero-order valence-electron chi connectivity index (χ0n) is 20.6. The van der Waals surface area contributed by atoms with Gasteiger partial charge in [0.2, 0.25) is 0 Å². The quantitative estimate of drug-likeness (QED) is 0.608. The average molecular weight is 435 g/mol. The minimum atomic E-state index is -0.526. The maximum Gasteiger partial charge on any atom is 0.326 e. The first-order valence-corrected chi connectivity index (χ1v) is 11.4. The molecule has 1 saturated heterocycles. The van der Waals surface area contributed by atoms with E-state index < -0.39 is 5.54 Å². The summed E-state index contributed by atoms with van der Waals surface area (Å²) in [6.07, 6.45) is 6.11. The second kappa shape index (κ2) is 12.0. The Kier molecular flexibility index (Phi) is 9.94. The number of rotatable bonds is 7. The van der Waals surface area contributed by atoms with Crippen LogP contribution in [0, 0.1) is 20.8 Å². The van der Waals surface area contributed by atoms with Gasteiger partial charge in [0, 0.05) is 39.9 Å².